The van der Waals surface area contributed by atoms with Gasteiger partial charge in [-0.2, -0.15) is 11.8 Å². The number of para-hydroxylation sites is 1. The van der Waals surface area contributed by atoms with Crippen molar-refractivity contribution < 1.29 is 0 Å². The van der Waals surface area contributed by atoms with Gasteiger partial charge in [0.05, 0.1) is 0 Å². The molecular weight excluding hydrogens is 258 g/mol. The topological polar surface area (TPSA) is 3.24 Å². The standard InChI is InChI=1S/C11H16BrNS/c1-13(7-8-14-2)11-6-4-3-5-10(11)9-12/h3-6H,7-9H2,1-2H3. The Bertz CT molecular complexity index is 278. The molecule has 0 amide bonds. The molecule has 3 heteroatoms. The fraction of sp³-hybridized carbons (Fsp3) is 0.455. The van der Waals surface area contributed by atoms with E-state index in [1.54, 1.807) is 0 Å². The van der Waals surface area contributed by atoms with Crippen molar-refractivity contribution in [2.45, 2.75) is 5.33 Å². The van der Waals surface area contributed by atoms with Crippen LogP contribution in [-0.4, -0.2) is 25.6 Å². The number of hydrogen-bond acceptors (Lipinski definition) is 2. The SMILES string of the molecule is CSCCN(C)c1ccccc1CBr. The summed E-state index contributed by atoms with van der Waals surface area (Å²) in [6, 6.07) is 8.52. The van der Waals surface area contributed by atoms with Crippen LogP contribution >= 0.6 is 27.7 Å². The van der Waals surface area contributed by atoms with Crippen LogP contribution in [0.3, 0.4) is 0 Å². The molecule has 0 unspecified atom stereocenters. The van der Waals surface area contributed by atoms with Crippen molar-refractivity contribution in [1.29, 1.82) is 0 Å². The van der Waals surface area contributed by atoms with Crippen LogP contribution in [0.4, 0.5) is 5.69 Å². The summed E-state index contributed by atoms with van der Waals surface area (Å²) in [5, 5.41) is 0.923. The summed E-state index contributed by atoms with van der Waals surface area (Å²) in [4.78, 5) is 2.31. The van der Waals surface area contributed by atoms with E-state index in [0.29, 0.717) is 0 Å². The highest BCUT2D eigenvalue weighted by molar-refractivity contribution is 9.08. The van der Waals surface area contributed by atoms with Gasteiger partial charge in [0.15, 0.2) is 0 Å². The molecule has 0 spiro atoms. The third kappa shape index (κ3) is 3.21. The lowest BCUT2D eigenvalue weighted by molar-refractivity contribution is 0.970. The normalized spacial score (nSPS) is 10.2. The van der Waals surface area contributed by atoms with Crippen LogP contribution in [0.5, 0.6) is 0 Å². The first-order valence-corrected chi connectivity index (χ1v) is 7.15. The summed E-state index contributed by atoms with van der Waals surface area (Å²) in [6.07, 6.45) is 2.14. The van der Waals surface area contributed by atoms with Gasteiger partial charge in [-0.25, -0.2) is 0 Å². The van der Waals surface area contributed by atoms with Crippen LogP contribution in [-0.2, 0) is 5.33 Å². The van der Waals surface area contributed by atoms with Gasteiger partial charge in [0, 0.05) is 30.4 Å². The molecule has 0 radical (unpaired) electrons. The Morgan fingerprint density at radius 1 is 1.36 bits per heavy atom. The third-order valence-corrected chi connectivity index (χ3v) is 3.37. The largest absolute Gasteiger partial charge is 0.374 e. The van der Waals surface area contributed by atoms with Crippen LogP contribution in [0.1, 0.15) is 5.56 Å². The van der Waals surface area contributed by atoms with Gasteiger partial charge in [-0.05, 0) is 17.9 Å². The maximum absolute atomic E-state index is 3.51. The van der Waals surface area contributed by atoms with Crippen molar-refractivity contribution in [3.05, 3.63) is 29.8 Å². The quantitative estimate of drug-likeness (QED) is 0.757. The van der Waals surface area contributed by atoms with E-state index in [0.717, 1.165) is 11.9 Å². The van der Waals surface area contributed by atoms with Crippen molar-refractivity contribution in [3.8, 4) is 0 Å². The fourth-order valence-electron chi connectivity index (χ4n) is 1.34. The Morgan fingerprint density at radius 3 is 2.71 bits per heavy atom. The Morgan fingerprint density at radius 2 is 2.07 bits per heavy atom. The first-order chi connectivity index (χ1) is 6.79. The molecule has 1 aromatic carbocycles. The van der Waals surface area contributed by atoms with Gasteiger partial charge in [0.25, 0.3) is 0 Å². The third-order valence-electron chi connectivity index (χ3n) is 2.18. The molecule has 0 aromatic heterocycles. The van der Waals surface area contributed by atoms with E-state index >= 15 is 0 Å². The fourth-order valence-corrected chi connectivity index (χ4v) is 2.28. The summed E-state index contributed by atoms with van der Waals surface area (Å²) in [5.41, 5.74) is 2.69. The molecule has 0 fully saturated rings. The second-order valence-corrected chi connectivity index (χ2v) is 4.72. The van der Waals surface area contributed by atoms with Crippen LogP contribution in [0.15, 0.2) is 24.3 Å². The van der Waals surface area contributed by atoms with Crippen LogP contribution < -0.4 is 4.90 Å². The van der Waals surface area contributed by atoms with E-state index in [4.69, 9.17) is 0 Å². The smallest absolute Gasteiger partial charge is 0.0405 e. The number of nitrogens with zero attached hydrogens (tertiary/aromatic N) is 1. The van der Waals surface area contributed by atoms with E-state index in [1.165, 1.54) is 17.0 Å². The number of anilines is 1. The summed E-state index contributed by atoms with van der Waals surface area (Å²) in [7, 11) is 2.15. The Labute approximate surface area is 99.0 Å². The summed E-state index contributed by atoms with van der Waals surface area (Å²) in [5.74, 6) is 1.17. The zero-order valence-electron chi connectivity index (χ0n) is 8.66. The summed E-state index contributed by atoms with van der Waals surface area (Å²) >= 11 is 5.40. The van der Waals surface area contributed by atoms with Gasteiger partial charge >= 0.3 is 0 Å². The minimum atomic E-state index is 0.923. The lowest BCUT2D eigenvalue weighted by Gasteiger charge is -2.21. The number of alkyl halides is 1. The highest BCUT2D eigenvalue weighted by atomic mass is 79.9. The van der Waals surface area contributed by atoms with E-state index < -0.39 is 0 Å². The highest BCUT2D eigenvalue weighted by Crippen LogP contribution is 2.21. The minimum absolute atomic E-state index is 0.923. The number of thioether (sulfide) groups is 1. The molecule has 0 aliphatic carbocycles. The Hall–Kier alpha value is -0.150. The monoisotopic (exact) mass is 273 g/mol. The molecule has 78 valence electrons. The van der Waals surface area contributed by atoms with E-state index in [2.05, 4.69) is 58.4 Å². The van der Waals surface area contributed by atoms with Crippen LogP contribution in [0.25, 0.3) is 0 Å². The second kappa shape index (κ2) is 6.36. The molecule has 0 aliphatic heterocycles. The van der Waals surface area contributed by atoms with Gasteiger partial charge in [0.2, 0.25) is 0 Å². The van der Waals surface area contributed by atoms with Gasteiger partial charge < -0.3 is 4.90 Å². The molecule has 0 saturated carbocycles. The van der Waals surface area contributed by atoms with E-state index in [9.17, 15) is 0 Å². The van der Waals surface area contributed by atoms with Gasteiger partial charge in [-0.3, -0.25) is 0 Å². The molecule has 1 nitrogen and oxygen atoms in total. The molecule has 1 aromatic rings. The van der Waals surface area contributed by atoms with E-state index in [-0.39, 0.29) is 0 Å². The molecule has 0 aliphatic rings. The summed E-state index contributed by atoms with van der Waals surface area (Å²) in [6.45, 7) is 1.10. The lowest BCUT2D eigenvalue weighted by atomic mass is 10.2. The predicted molar refractivity (Wildman–Crippen MR) is 70.7 cm³/mol. The zero-order valence-corrected chi connectivity index (χ0v) is 11.1. The van der Waals surface area contributed by atoms with Crippen molar-refractivity contribution in [2.75, 3.05) is 30.5 Å². The summed E-state index contributed by atoms with van der Waals surface area (Å²) < 4.78 is 0. The number of benzene rings is 1. The molecular formula is C11H16BrNS. The zero-order chi connectivity index (χ0) is 10.4. The molecule has 0 N–H and O–H groups in total. The maximum Gasteiger partial charge on any atom is 0.0405 e. The first kappa shape index (κ1) is 11.9. The van der Waals surface area contributed by atoms with E-state index in [1.807, 2.05) is 11.8 Å². The van der Waals surface area contributed by atoms with Crippen LogP contribution in [0.2, 0.25) is 0 Å². The molecule has 0 saturated heterocycles. The molecule has 0 atom stereocenters. The second-order valence-electron chi connectivity index (χ2n) is 3.18. The first-order valence-electron chi connectivity index (χ1n) is 4.63. The Balaban J connectivity index is 2.72. The average molecular weight is 274 g/mol. The van der Waals surface area contributed by atoms with Crippen LogP contribution in [0, 0.1) is 0 Å². The average Bonchev–Trinajstić information content (AvgIpc) is 2.25. The van der Waals surface area contributed by atoms with Crippen molar-refractivity contribution >= 4 is 33.4 Å². The number of rotatable bonds is 5. The predicted octanol–water partition coefficient (Wildman–Crippen LogP) is 3.38. The van der Waals surface area contributed by atoms with Crippen molar-refractivity contribution in [3.63, 3.8) is 0 Å². The van der Waals surface area contributed by atoms with Crippen molar-refractivity contribution in [2.24, 2.45) is 0 Å². The van der Waals surface area contributed by atoms with Crippen molar-refractivity contribution in [1.82, 2.24) is 0 Å². The highest BCUT2D eigenvalue weighted by Gasteiger charge is 2.04. The molecule has 1 rings (SSSR count). The van der Waals surface area contributed by atoms with Gasteiger partial charge in [0.1, 0.15) is 0 Å². The van der Waals surface area contributed by atoms with Gasteiger partial charge in [-0.1, -0.05) is 34.1 Å². The lowest BCUT2D eigenvalue weighted by Crippen LogP contribution is -2.21. The Kier molecular flexibility index (Phi) is 5.41. The maximum atomic E-state index is 3.51. The van der Waals surface area contributed by atoms with Gasteiger partial charge in [-0.15, -0.1) is 0 Å². The molecule has 0 heterocycles. The number of hydrogen-bond donors (Lipinski definition) is 0. The minimum Gasteiger partial charge on any atom is -0.374 e. The molecule has 0 bridgehead atoms. The number of halogens is 1. The molecule has 14 heavy (non-hydrogen) atoms.